The van der Waals surface area contributed by atoms with Crippen molar-refractivity contribution in [2.24, 2.45) is 17.8 Å². The smallest absolute Gasteiger partial charge is 0.0936 e. The summed E-state index contributed by atoms with van der Waals surface area (Å²) in [6.45, 7) is 6.72. The molecule has 2 nitrogen and oxygen atoms in total. The van der Waals surface area contributed by atoms with Crippen molar-refractivity contribution in [1.29, 1.82) is 0 Å². The van der Waals surface area contributed by atoms with Gasteiger partial charge in [0.25, 0.3) is 0 Å². The lowest BCUT2D eigenvalue weighted by atomic mass is 9.64. The number of pyridine rings is 1. The fourth-order valence-corrected chi connectivity index (χ4v) is 4.17. The molecule has 1 aliphatic rings. The van der Waals surface area contributed by atoms with Crippen molar-refractivity contribution < 1.29 is 5.11 Å². The van der Waals surface area contributed by atoms with Crippen LogP contribution in [0.5, 0.6) is 0 Å². The Morgan fingerprint density at radius 3 is 2.81 bits per heavy atom. The second kappa shape index (κ2) is 5.42. The van der Waals surface area contributed by atoms with E-state index >= 15 is 0 Å². The molecular weight excluding hydrogens is 258 g/mol. The monoisotopic (exact) mass is 283 g/mol. The highest BCUT2D eigenvalue weighted by molar-refractivity contribution is 5.85. The maximum Gasteiger partial charge on any atom is 0.0936 e. The lowest BCUT2D eigenvalue weighted by Crippen LogP contribution is -2.43. The number of benzene rings is 1. The van der Waals surface area contributed by atoms with Crippen LogP contribution in [0, 0.1) is 17.8 Å². The summed E-state index contributed by atoms with van der Waals surface area (Å²) in [6.07, 6.45) is 6.89. The van der Waals surface area contributed by atoms with E-state index in [9.17, 15) is 5.11 Å². The van der Waals surface area contributed by atoms with E-state index in [1.54, 1.807) is 0 Å². The first-order valence-corrected chi connectivity index (χ1v) is 8.08. The molecule has 0 saturated heterocycles. The Balaban J connectivity index is 2.17. The van der Waals surface area contributed by atoms with Gasteiger partial charge >= 0.3 is 0 Å². The molecule has 21 heavy (non-hydrogen) atoms. The third-order valence-corrected chi connectivity index (χ3v) is 5.20. The predicted molar refractivity (Wildman–Crippen MR) is 87.0 cm³/mol. The molecule has 3 rings (SSSR count). The normalized spacial score (nSPS) is 30.0. The van der Waals surface area contributed by atoms with Crippen molar-refractivity contribution in [3.63, 3.8) is 0 Å². The first kappa shape index (κ1) is 14.5. The number of aromatic nitrogens is 1. The maximum atomic E-state index is 11.6. The van der Waals surface area contributed by atoms with Gasteiger partial charge in [-0.05, 0) is 47.6 Å². The second-order valence-electron chi connectivity index (χ2n) is 7.06. The van der Waals surface area contributed by atoms with Crippen molar-refractivity contribution in [1.82, 2.24) is 4.98 Å². The van der Waals surface area contributed by atoms with Gasteiger partial charge < -0.3 is 5.11 Å². The number of hydrogen-bond donors (Lipinski definition) is 1. The molecule has 1 N–H and O–H groups in total. The molecule has 3 unspecified atom stereocenters. The molecule has 1 fully saturated rings. The van der Waals surface area contributed by atoms with Crippen LogP contribution >= 0.6 is 0 Å². The molecule has 1 aromatic heterocycles. The van der Waals surface area contributed by atoms with E-state index in [1.165, 1.54) is 6.42 Å². The van der Waals surface area contributed by atoms with Gasteiger partial charge in [0.1, 0.15) is 0 Å². The van der Waals surface area contributed by atoms with Crippen LogP contribution in [-0.4, -0.2) is 10.1 Å². The molecule has 1 aromatic carbocycles. The molecule has 2 heteroatoms. The Labute approximate surface area is 127 Å². The van der Waals surface area contributed by atoms with E-state index in [-0.39, 0.29) is 0 Å². The molecule has 0 spiro atoms. The van der Waals surface area contributed by atoms with Crippen LogP contribution in [0.4, 0.5) is 0 Å². The summed E-state index contributed by atoms with van der Waals surface area (Å²) in [7, 11) is 0. The quantitative estimate of drug-likeness (QED) is 0.879. The van der Waals surface area contributed by atoms with E-state index in [1.807, 2.05) is 18.5 Å². The Kier molecular flexibility index (Phi) is 3.75. The standard InChI is InChI=1S/C19H25NO/c1-13(2)17-8-7-14(3)11-19(17,21)18-6-4-5-15-9-10-20-12-16(15)18/h4-6,9-10,12-14,17,21H,7-8,11H2,1-3H3. The van der Waals surface area contributed by atoms with Gasteiger partial charge in [0, 0.05) is 17.8 Å². The fraction of sp³-hybridized carbons (Fsp3) is 0.526. The molecule has 0 amide bonds. The fourth-order valence-electron chi connectivity index (χ4n) is 4.17. The molecule has 0 aliphatic heterocycles. The minimum Gasteiger partial charge on any atom is -0.385 e. The topological polar surface area (TPSA) is 33.1 Å². The Bertz CT molecular complexity index is 631. The third kappa shape index (κ3) is 2.46. The number of fused-ring (bicyclic) bond motifs is 1. The lowest BCUT2D eigenvalue weighted by molar-refractivity contribution is -0.0854. The Morgan fingerprint density at radius 2 is 2.05 bits per heavy atom. The number of rotatable bonds is 2. The lowest BCUT2D eigenvalue weighted by Gasteiger charge is -2.45. The van der Waals surface area contributed by atoms with E-state index in [0.717, 1.165) is 29.2 Å². The van der Waals surface area contributed by atoms with Crippen LogP contribution in [0.3, 0.4) is 0 Å². The SMILES string of the molecule is CC1CCC(C(C)C)C(O)(c2cccc3ccncc23)C1. The molecule has 3 atom stereocenters. The minimum atomic E-state index is -0.728. The van der Waals surface area contributed by atoms with Crippen LogP contribution in [0.1, 0.15) is 45.6 Å². The molecule has 112 valence electrons. The summed E-state index contributed by atoms with van der Waals surface area (Å²) in [5.74, 6) is 1.37. The first-order valence-electron chi connectivity index (χ1n) is 8.08. The molecular formula is C19H25NO. The van der Waals surface area contributed by atoms with Crippen LogP contribution in [0.25, 0.3) is 10.8 Å². The average molecular weight is 283 g/mol. The summed E-state index contributed by atoms with van der Waals surface area (Å²) in [5.41, 5.74) is 0.340. The van der Waals surface area contributed by atoms with Crippen LogP contribution in [-0.2, 0) is 5.60 Å². The van der Waals surface area contributed by atoms with Gasteiger partial charge in [0.2, 0.25) is 0 Å². The van der Waals surface area contributed by atoms with Gasteiger partial charge in [-0.15, -0.1) is 0 Å². The van der Waals surface area contributed by atoms with Crippen LogP contribution in [0.2, 0.25) is 0 Å². The zero-order chi connectivity index (χ0) is 15.0. The van der Waals surface area contributed by atoms with Gasteiger partial charge in [-0.2, -0.15) is 0 Å². The molecule has 1 saturated carbocycles. The van der Waals surface area contributed by atoms with E-state index in [0.29, 0.717) is 17.8 Å². The van der Waals surface area contributed by atoms with Crippen LogP contribution < -0.4 is 0 Å². The first-order chi connectivity index (χ1) is 10.0. The summed E-state index contributed by atoms with van der Waals surface area (Å²) < 4.78 is 0. The largest absolute Gasteiger partial charge is 0.385 e. The zero-order valence-electron chi connectivity index (χ0n) is 13.2. The average Bonchev–Trinajstić information content (AvgIpc) is 2.46. The second-order valence-corrected chi connectivity index (χ2v) is 7.06. The van der Waals surface area contributed by atoms with Gasteiger partial charge in [0.05, 0.1) is 5.60 Å². The summed E-state index contributed by atoms with van der Waals surface area (Å²) in [4.78, 5) is 4.28. The summed E-state index contributed by atoms with van der Waals surface area (Å²) in [5, 5.41) is 13.9. The van der Waals surface area contributed by atoms with Gasteiger partial charge in [-0.1, -0.05) is 45.4 Å². The third-order valence-electron chi connectivity index (χ3n) is 5.20. The summed E-state index contributed by atoms with van der Waals surface area (Å²) in [6, 6.07) is 8.28. The molecule has 1 heterocycles. The van der Waals surface area contributed by atoms with Crippen molar-refractivity contribution in [2.75, 3.05) is 0 Å². The molecule has 0 radical (unpaired) electrons. The van der Waals surface area contributed by atoms with Crippen LogP contribution in [0.15, 0.2) is 36.7 Å². The molecule has 1 aliphatic carbocycles. The highest BCUT2D eigenvalue weighted by Crippen LogP contribution is 2.48. The van der Waals surface area contributed by atoms with Gasteiger partial charge in [-0.3, -0.25) is 4.98 Å². The van der Waals surface area contributed by atoms with E-state index in [2.05, 4.69) is 44.0 Å². The van der Waals surface area contributed by atoms with Crippen molar-refractivity contribution >= 4 is 10.8 Å². The number of aliphatic hydroxyl groups is 1. The molecule has 2 aromatic rings. The Morgan fingerprint density at radius 1 is 1.24 bits per heavy atom. The Hall–Kier alpha value is -1.41. The van der Waals surface area contributed by atoms with Gasteiger partial charge in [-0.25, -0.2) is 0 Å². The highest BCUT2D eigenvalue weighted by atomic mass is 16.3. The number of nitrogens with zero attached hydrogens (tertiary/aromatic N) is 1. The maximum absolute atomic E-state index is 11.6. The van der Waals surface area contributed by atoms with E-state index in [4.69, 9.17) is 0 Å². The highest BCUT2D eigenvalue weighted by Gasteiger charge is 2.44. The number of hydrogen-bond acceptors (Lipinski definition) is 2. The zero-order valence-corrected chi connectivity index (χ0v) is 13.2. The van der Waals surface area contributed by atoms with Crippen molar-refractivity contribution in [2.45, 2.75) is 45.6 Å². The minimum absolute atomic E-state index is 0.319. The predicted octanol–water partition coefficient (Wildman–Crippen LogP) is 4.51. The van der Waals surface area contributed by atoms with E-state index < -0.39 is 5.60 Å². The van der Waals surface area contributed by atoms with Crippen molar-refractivity contribution in [3.05, 3.63) is 42.2 Å². The summed E-state index contributed by atoms with van der Waals surface area (Å²) >= 11 is 0. The van der Waals surface area contributed by atoms with Crippen molar-refractivity contribution in [3.8, 4) is 0 Å². The van der Waals surface area contributed by atoms with Gasteiger partial charge in [0.15, 0.2) is 0 Å². The molecule has 0 bridgehead atoms.